The van der Waals surface area contributed by atoms with E-state index in [0.717, 1.165) is 0 Å². The molecule has 0 aliphatic rings. The van der Waals surface area contributed by atoms with E-state index < -0.39 is 12.4 Å². The fourth-order valence-corrected chi connectivity index (χ4v) is 0.104. The van der Waals surface area contributed by atoms with Crippen molar-refractivity contribution in [2.75, 3.05) is 6.61 Å². The molecule has 0 aliphatic heterocycles. The first-order chi connectivity index (χ1) is 2.81. The molecule has 0 aromatic rings. The van der Waals surface area contributed by atoms with Crippen molar-refractivity contribution in [3.8, 4) is 0 Å². The lowest BCUT2D eigenvalue weighted by atomic mass is 10.7. The summed E-state index contributed by atoms with van der Waals surface area (Å²) in [4.78, 5) is 0. The van der Waals surface area contributed by atoms with Gasteiger partial charge in [-0.2, -0.15) is 0 Å². The van der Waals surface area contributed by atoms with E-state index in [1.807, 2.05) is 0 Å². The van der Waals surface area contributed by atoms with Gasteiger partial charge in [-0.1, -0.05) is 11.6 Å². The number of hydrogen-bond donors (Lipinski definition) is 1. The average Bonchev–Trinajstić information content (AvgIpc) is 1.65. The lowest BCUT2D eigenvalue weighted by molar-refractivity contribution is 0.299. The molecule has 1 nitrogen and oxygen atoms in total. The smallest absolute Gasteiger partial charge is 0.137 e. The number of aliphatic hydroxyl groups is 1. The van der Waals surface area contributed by atoms with E-state index in [2.05, 4.69) is 0 Å². The van der Waals surface area contributed by atoms with Crippen LogP contribution in [0.2, 0.25) is 0 Å². The summed E-state index contributed by atoms with van der Waals surface area (Å²) in [5.74, 6) is -0.711. The topological polar surface area (TPSA) is 20.2 Å². The van der Waals surface area contributed by atoms with Gasteiger partial charge in [0.2, 0.25) is 0 Å². The Kier molecular flexibility index (Phi) is 3.08. The van der Waals surface area contributed by atoms with Gasteiger partial charge in [0.25, 0.3) is 0 Å². The first-order valence-electron chi connectivity index (χ1n) is 1.37. The molecule has 0 fully saturated rings. The van der Waals surface area contributed by atoms with Gasteiger partial charge in [-0.3, -0.25) is 0 Å². The molecule has 0 heterocycles. The largest absolute Gasteiger partial charge is 0.389 e. The maximum Gasteiger partial charge on any atom is 0.137 e. The van der Waals surface area contributed by atoms with E-state index in [9.17, 15) is 4.39 Å². The Morgan fingerprint density at radius 2 is 2.50 bits per heavy atom. The Bertz CT molecular complexity index is 61.8. The molecule has 0 radical (unpaired) electrons. The van der Waals surface area contributed by atoms with Gasteiger partial charge < -0.3 is 5.11 Å². The van der Waals surface area contributed by atoms with E-state index in [1.165, 1.54) is 0 Å². The van der Waals surface area contributed by atoms with Gasteiger partial charge in [0, 0.05) is 5.54 Å². The van der Waals surface area contributed by atoms with Crippen molar-refractivity contribution in [3.63, 3.8) is 0 Å². The fraction of sp³-hybridized carbons (Fsp3) is 0.333. The molecular formula is C3H4ClFO. The monoisotopic (exact) mass is 110 g/mol. The van der Waals surface area contributed by atoms with Crippen molar-refractivity contribution in [3.05, 3.63) is 11.4 Å². The Hall–Kier alpha value is -0.0800. The SMILES string of the molecule is OCC(F)=CCl. The number of hydrogen-bond acceptors (Lipinski definition) is 1. The lowest BCUT2D eigenvalue weighted by Crippen LogP contribution is -1.76. The molecule has 0 aromatic carbocycles. The van der Waals surface area contributed by atoms with E-state index in [-0.39, 0.29) is 0 Å². The third-order valence-corrected chi connectivity index (χ3v) is 0.506. The van der Waals surface area contributed by atoms with Crippen LogP contribution in [0, 0.1) is 0 Å². The van der Waals surface area contributed by atoms with E-state index in [1.54, 1.807) is 0 Å². The second-order valence-electron chi connectivity index (χ2n) is 0.714. The summed E-state index contributed by atoms with van der Waals surface area (Å²) in [6.45, 7) is -0.608. The van der Waals surface area contributed by atoms with Crippen molar-refractivity contribution < 1.29 is 9.50 Å². The van der Waals surface area contributed by atoms with Gasteiger partial charge in [-0.25, -0.2) is 4.39 Å². The van der Waals surface area contributed by atoms with Gasteiger partial charge in [0.1, 0.15) is 5.83 Å². The molecule has 0 atom stereocenters. The zero-order chi connectivity index (χ0) is 4.99. The van der Waals surface area contributed by atoms with Crippen molar-refractivity contribution in [1.82, 2.24) is 0 Å². The van der Waals surface area contributed by atoms with Crippen molar-refractivity contribution in [2.45, 2.75) is 0 Å². The lowest BCUT2D eigenvalue weighted by Gasteiger charge is -1.78. The summed E-state index contributed by atoms with van der Waals surface area (Å²) < 4.78 is 11.3. The minimum atomic E-state index is -0.711. The Balaban J connectivity index is 3.22. The molecule has 0 spiro atoms. The Labute approximate surface area is 40.0 Å². The highest BCUT2D eigenvalue weighted by atomic mass is 35.5. The molecule has 6 heavy (non-hydrogen) atoms. The normalized spacial score (nSPS) is 12.2. The minimum Gasteiger partial charge on any atom is -0.389 e. The first kappa shape index (κ1) is 5.92. The van der Waals surface area contributed by atoms with Crippen LogP contribution in [0.25, 0.3) is 0 Å². The molecule has 0 aromatic heterocycles. The quantitative estimate of drug-likeness (QED) is 0.535. The average molecular weight is 111 g/mol. The second kappa shape index (κ2) is 3.12. The molecular weight excluding hydrogens is 106 g/mol. The highest BCUT2D eigenvalue weighted by Gasteiger charge is 1.82. The zero-order valence-electron chi connectivity index (χ0n) is 2.99. The van der Waals surface area contributed by atoms with E-state index in [0.29, 0.717) is 5.54 Å². The number of rotatable bonds is 1. The summed E-state index contributed by atoms with van der Waals surface area (Å²) in [5, 5.41) is 7.81. The third-order valence-electron chi connectivity index (χ3n) is 0.269. The molecule has 1 N–H and O–H groups in total. The number of aliphatic hydroxyl groups excluding tert-OH is 1. The van der Waals surface area contributed by atoms with Crippen molar-refractivity contribution in [1.29, 1.82) is 0 Å². The molecule has 0 saturated heterocycles. The van der Waals surface area contributed by atoms with Crippen LogP contribution in [0.1, 0.15) is 0 Å². The molecule has 36 valence electrons. The summed E-state index contributed by atoms with van der Waals surface area (Å²) in [6.07, 6.45) is 0. The van der Waals surface area contributed by atoms with Gasteiger partial charge in [-0.15, -0.1) is 0 Å². The maximum atomic E-state index is 11.3. The van der Waals surface area contributed by atoms with Crippen LogP contribution in [0.3, 0.4) is 0 Å². The predicted molar refractivity (Wildman–Crippen MR) is 22.1 cm³/mol. The predicted octanol–water partition coefficient (Wildman–Crippen LogP) is 1.03. The van der Waals surface area contributed by atoms with Crippen LogP contribution >= 0.6 is 11.6 Å². The van der Waals surface area contributed by atoms with Crippen molar-refractivity contribution in [2.24, 2.45) is 0 Å². The summed E-state index contributed by atoms with van der Waals surface area (Å²) in [5.41, 5.74) is 0.694. The fourth-order valence-electron chi connectivity index (χ4n) is 0.0345. The standard InChI is InChI=1S/C3H4ClFO/c4-1-3(5)2-6/h1,6H,2H2. The molecule has 0 amide bonds. The van der Waals surface area contributed by atoms with Gasteiger partial charge in [-0.05, 0) is 0 Å². The second-order valence-corrected chi connectivity index (χ2v) is 0.932. The Morgan fingerprint density at radius 1 is 2.00 bits per heavy atom. The van der Waals surface area contributed by atoms with Crippen LogP contribution in [0.15, 0.2) is 11.4 Å². The summed E-state index contributed by atoms with van der Waals surface area (Å²) >= 11 is 4.76. The van der Waals surface area contributed by atoms with Crippen LogP contribution in [0.5, 0.6) is 0 Å². The van der Waals surface area contributed by atoms with Crippen LogP contribution < -0.4 is 0 Å². The first-order valence-corrected chi connectivity index (χ1v) is 1.80. The van der Waals surface area contributed by atoms with Crippen molar-refractivity contribution >= 4 is 11.6 Å². The number of halogens is 2. The van der Waals surface area contributed by atoms with Gasteiger partial charge in [0.15, 0.2) is 0 Å². The summed E-state index contributed by atoms with van der Waals surface area (Å²) in [6, 6.07) is 0. The molecule has 0 rings (SSSR count). The van der Waals surface area contributed by atoms with Crippen LogP contribution in [0.4, 0.5) is 4.39 Å². The molecule has 3 heteroatoms. The van der Waals surface area contributed by atoms with Gasteiger partial charge >= 0.3 is 0 Å². The Morgan fingerprint density at radius 3 is 2.50 bits per heavy atom. The highest BCUT2D eigenvalue weighted by molar-refractivity contribution is 6.25. The molecule has 0 aliphatic carbocycles. The molecule has 0 saturated carbocycles. The van der Waals surface area contributed by atoms with Gasteiger partial charge in [0.05, 0.1) is 6.61 Å². The highest BCUT2D eigenvalue weighted by Crippen LogP contribution is 1.93. The third kappa shape index (κ3) is 2.18. The summed E-state index contributed by atoms with van der Waals surface area (Å²) in [7, 11) is 0. The zero-order valence-corrected chi connectivity index (χ0v) is 3.74. The van der Waals surface area contributed by atoms with Crippen LogP contribution in [-0.4, -0.2) is 11.7 Å². The van der Waals surface area contributed by atoms with Crippen LogP contribution in [-0.2, 0) is 0 Å². The molecule has 0 unspecified atom stereocenters. The van der Waals surface area contributed by atoms with E-state index >= 15 is 0 Å². The maximum absolute atomic E-state index is 11.3. The minimum absolute atomic E-state index is 0.608. The van der Waals surface area contributed by atoms with E-state index in [4.69, 9.17) is 16.7 Å². The molecule has 0 bridgehead atoms.